The highest BCUT2D eigenvalue weighted by atomic mass is 14.2. The van der Waals surface area contributed by atoms with Gasteiger partial charge in [0.1, 0.15) is 0 Å². The number of rotatable bonds is 3. The van der Waals surface area contributed by atoms with Gasteiger partial charge in [0.05, 0.1) is 0 Å². The normalized spacial score (nSPS) is 15.8. The summed E-state index contributed by atoms with van der Waals surface area (Å²) in [7, 11) is 0. The Morgan fingerprint density at radius 1 is 0.593 bits per heavy atom. The molecule has 0 aliphatic heterocycles. The Kier molecular flexibility index (Phi) is 4.89. The van der Waals surface area contributed by atoms with E-state index in [4.69, 9.17) is 0 Å². The number of allylic oxidation sites excluding steroid dienone is 6. The molecule has 0 heteroatoms. The van der Waals surface area contributed by atoms with Crippen molar-refractivity contribution >= 4 is 0 Å². The van der Waals surface area contributed by atoms with Crippen LogP contribution in [0.15, 0.2) is 114 Å². The zero-order valence-corrected chi connectivity index (χ0v) is 15.9. The molecule has 0 radical (unpaired) electrons. The van der Waals surface area contributed by atoms with Crippen LogP contribution in [-0.4, -0.2) is 0 Å². The third-order valence-electron chi connectivity index (χ3n) is 5.20. The SMILES string of the molecule is CC(C)=C1C=CC=CC1c1ccc(-c2ccc(-c3ccccc3)cc2)cc1. The predicted molar refractivity (Wildman–Crippen MR) is 117 cm³/mol. The summed E-state index contributed by atoms with van der Waals surface area (Å²) in [5, 5.41) is 0. The van der Waals surface area contributed by atoms with Gasteiger partial charge >= 0.3 is 0 Å². The maximum absolute atomic E-state index is 2.28. The molecular weight excluding hydrogens is 324 g/mol. The van der Waals surface area contributed by atoms with E-state index in [-0.39, 0.29) is 0 Å². The molecule has 0 nitrogen and oxygen atoms in total. The Morgan fingerprint density at radius 2 is 1.11 bits per heavy atom. The topological polar surface area (TPSA) is 0 Å². The van der Waals surface area contributed by atoms with Gasteiger partial charge in [0, 0.05) is 5.92 Å². The minimum Gasteiger partial charge on any atom is -0.0727 e. The molecule has 3 aromatic carbocycles. The summed E-state index contributed by atoms with van der Waals surface area (Å²) in [6.45, 7) is 4.38. The van der Waals surface area contributed by atoms with Crippen molar-refractivity contribution in [2.24, 2.45) is 0 Å². The molecule has 1 atom stereocenters. The van der Waals surface area contributed by atoms with Gasteiger partial charge in [-0.25, -0.2) is 0 Å². The predicted octanol–water partition coefficient (Wildman–Crippen LogP) is 7.57. The van der Waals surface area contributed by atoms with E-state index in [1.54, 1.807) is 0 Å². The molecule has 0 fully saturated rings. The minimum atomic E-state index is 0.356. The van der Waals surface area contributed by atoms with Crippen LogP contribution in [0.1, 0.15) is 25.3 Å². The van der Waals surface area contributed by atoms with Gasteiger partial charge in [-0.05, 0) is 47.2 Å². The summed E-state index contributed by atoms with van der Waals surface area (Å²) in [5.41, 5.74) is 9.14. The van der Waals surface area contributed by atoms with Crippen LogP contribution in [-0.2, 0) is 0 Å². The summed E-state index contributed by atoms with van der Waals surface area (Å²) in [4.78, 5) is 0. The first kappa shape index (κ1) is 17.3. The van der Waals surface area contributed by atoms with Gasteiger partial charge in [-0.2, -0.15) is 0 Å². The molecule has 4 rings (SSSR count). The van der Waals surface area contributed by atoms with E-state index in [0.29, 0.717) is 5.92 Å². The molecule has 27 heavy (non-hydrogen) atoms. The van der Waals surface area contributed by atoms with E-state index in [1.165, 1.54) is 39.0 Å². The largest absolute Gasteiger partial charge is 0.0727 e. The van der Waals surface area contributed by atoms with Gasteiger partial charge in [0.2, 0.25) is 0 Å². The molecule has 0 saturated heterocycles. The fourth-order valence-corrected chi connectivity index (χ4v) is 3.68. The van der Waals surface area contributed by atoms with Gasteiger partial charge in [0.25, 0.3) is 0 Å². The van der Waals surface area contributed by atoms with Crippen LogP contribution in [0.25, 0.3) is 22.3 Å². The molecular formula is C27H24. The van der Waals surface area contributed by atoms with Gasteiger partial charge in [-0.1, -0.05) is 109 Å². The highest BCUT2D eigenvalue weighted by Crippen LogP contribution is 2.33. The average molecular weight is 348 g/mol. The van der Waals surface area contributed by atoms with Crippen molar-refractivity contribution < 1.29 is 0 Å². The number of hydrogen-bond acceptors (Lipinski definition) is 0. The highest BCUT2D eigenvalue weighted by Gasteiger charge is 2.15. The summed E-state index contributed by atoms with van der Waals surface area (Å²) < 4.78 is 0. The zero-order valence-electron chi connectivity index (χ0n) is 15.9. The lowest BCUT2D eigenvalue weighted by Gasteiger charge is -2.19. The molecule has 0 saturated carbocycles. The Balaban J connectivity index is 1.58. The maximum Gasteiger partial charge on any atom is 0.0271 e. The van der Waals surface area contributed by atoms with Crippen LogP contribution >= 0.6 is 0 Å². The van der Waals surface area contributed by atoms with Crippen LogP contribution in [0.3, 0.4) is 0 Å². The van der Waals surface area contributed by atoms with Crippen molar-refractivity contribution in [3.05, 3.63) is 120 Å². The standard InChI is InChI=1S/C27H24/c1-20(2)26-10-6-7-11-27(26)25-18-16-24(17-19-25)23-14-12-22(13-15-23)21-8-4-3-5-9-21/h3-19,27H,1-2H3. The monoisotopic (exact) mass is 348 g/mol. The maximum atomic E-state index is 2.28. The molecule has 1 aliphatic carbocycles. The van der Waals surface area contributed by atoms with E-state index >= 15 is 0 Å². The number of benzene rings is 3. The molecule has 0 N–H and O–H groups in total. The third kappa shape index (κ3) is 3.71. The molecule has 1 unspecified atom stereocenters. The zero-order chi connectivity index (χ0) is 18.6. The lowest BCUT2D eigenvalue weighted by molar-refractivity contribution is 0.988. The molecule has 0 heterocycles. The van der Waals surface area contributed by atoms with Crippen molar-refractivity contribution in [3.63, 3.8) is 0 Å². The fourth-order valence-electron chi connectivity index (χ4n) is 3.68. The molecule has 0 spiro atoms. The Hall–Kier alpha value is -3.12. The molecule has 0 amide bonds. The lowest BCUT2D eigenvalue weighted by Crippen LogP contribution is -2.02. The van der Waals surface area contributed by atoms with E-state index in [1.807, 2.05) is 0 Å². The van der Waals surface area contributed by atoms with Gasteiger partial charge < -0.3 is 0 Å². The Morgan fingerprint density at radius 3 is 1.67 bits per heavy atom. The van der Waals surface area contributed by atoms with Gasteiger partial charge in [-0.15, -0.1) is 0 Å². The summed E-state index contributed by atoms with van der Waals surface area (Å²) in [5.74, 6) is 0.356. The summed E-state index contributed by atoms with van der Waals surface area (Å²) in [6.07, 6.45) is 8.79. The highest BCUT2D eigenvalue weighted by molar-refractivity contribution is 5.70. The molecule has 3 aromatic rings. The van der Waals surface area contributed by atoms with Crippen molar-refractivity contribution in [2.75, 3.05) is 0 Å². The number of hydrogen-bond donors (Lipinski definition) is 0. The molecule has 132 valence electrons. The minimum absolute atomic E-state index is 0.356. The van der Waals surface area contributed by atoms with Crippen molar-refractivity contribution in [1.82, 2.24) is 0 Å². The first-order valence-electron chi connectivity index (χ1n) is 9.50. The third-order valence-corrected chi connectivity index (χ3v) is 5.20. The van der Waals surface area contributed by atoms with Crippen LogP contribution < -0.4 is 0 Å². The van der Waals surface area contributed by atoms with E-state index in [0.717, 1.165) is 0 Å². The van der Waals surface area contributed by atoms with Gasteiger partial charge in [-0.3, -0.25) is 0 Å². The van der Waals surface area contributed by atoms with Crippen LogP contribution in [0, 0.1) is 0 Å². The molecule has 1 aliphatic rings. The summed E-state index contributed by atoms with van der Waals surface area (Å²) in [6, 6.07) is 28.3. The fraction of sp³-hybridized carbons (Fsp3) is 0.111. The Bertz CT molecular complexity index is 994. The van der Waals surface area contributed by atoms with Crippen molar-refractivity contribution in [2.45, 2.75) is 19.8 Å². The van der Waals surface area contributed by atoms with Gasteiger partial charge in [0.15, 0.2) is 0 Å². The van der Waals surface area contributed by atoms with Crippen LogP contribution in [0.2, 0.25) is 0 Å². The molecule has 0 bridgehead atoms. The quantitative estimate of drug-likeness (QED) is 0.458. The van der Waals surface area contributed by atoms with E-state index < -0.39 is 0 Å². The first-order chi connectivity index (χ1) is 13.2. The smallest absolute Gasteiger partial charge is 0.0271 e. The van der Waals surface area contributed by atoms with Crippen molar-refractivity contribution in [1.29, 1.82) is 0 Å². The van der Waals surface area contributed by atoms with Crippen LogP contribution in [0.5, 0.6) is 0 Å². The second-order valence-corrected chi connectivity index (χ2v) is 7.24. The molecule has 0 aromatic heterocycles. The van der Waals surface area contributed by atoms with Crippen LogP contribution in [0.4, 0.5) is 0 Å². The Labute approximate surface area is 162 Å². The van der Waals surface area contributed by atoms with E-state index in [2.05, 4.69) is 117 Å². The second-order valence-electron chi connectivity index (χ2n) is 7.24. The second kappa shape index (κ2) is 7.63. The van der Waals surface area contributed by atoms with E-state index in [9.17, 15) is 0 Å². The lowest BCUT2D eigenvalue weighted by atomic mass is 9.85. The average Bonchev–Trinajstić information content (AvgIpc) is 2.75. The summed E-state index contributed by atoms with van der Waals surface area (Å²) >= 11 is 0. The van der Waals surface area contributed by atoms with Crippen molar-refractivity contribution in [3.8, 4) is 22.3 Å². The first-order valence-corrected chi connectivity index (χ1v) is 9.50.